The van der Waals surface area contributed by atoms with E-state index in [0.717, 1.165) is 6.92 Å². The number of hydrogen-bond donors (Lipinski definition) is 0. The number of carbonyl (C=O) groups excluding carboxylic acids is 4. The Bertz CT molecular complexity index is 1450. The van der Waals surface area contributed by atoms with Crippen LogP contribution < -0.4 is 9.80 Å². The summed E-state index contributed by atoms with van der Waals surface area (Å²) in [5.41, 5.74) is -0.0967. The van der Waals surface area contributed by atoms with Crippen molar-refractivity contribution >= 4 is 45.3 Å². The maximum atomic E-state index is 15.3. The predicted octanol–water partition coefficient (Wildman–Crippen LogP) is 4.02. The fourth-order valence-corrected chi connectivity index (χ4v) is 6.76. The van der Waals surface area contributed by atoms with E-state index in [4.69, 9.17) is 14.0 Å². The van der Waals surface area contributed by atoms with Crippen molar-refractivity contribution in [3.63, 3.8) is 0 Å². The molecular weight excluding hydrogens is 575 g/mol. The molecule has 3 heterocycles. The van der Waals surface area contributed by atoms with Gasteiger partial charge in [-0.3, -0.25) is 19.4 Å². The molecule has 1 aromatic heterocycles. The summed E-state index contributed by atoms with van der Waals surface area (Å²) >= 11 is 0. The zero-order valence-electron chi connectivity index (χ0n) is 23.7. The molecule has 0 saturated carbocycles. The van der Waals surface area contributed by atoms with Crippen molar-refractivity contribution in [3.05, 3.63) is 41.9 Å². The van der Waals surface area contributed by atoms with Gasteiger partial charge in [-0.1, -0.05) is 11.2 Å². The molecule has 0 spiro atoms. The molecule has 228 valence electrons. The van der Waals surface area contributed by atoms with Gasteiger partial charge >= 0.3 is 18.2 Å². The smallest absolute Gasteiger partial charge is 0.416 e. The van der Waals surface area contributed by atoms with Gasteiger partial charge in [-0.25, -0.2) is 18.2 Å². The van der Waals surface area contributed by atoms with Gasteiger partial charge in [-0.2, -0.15) is 4.36 Å². The van der Waals surface area contributed by atoms with Gasteiger partial charge in [0.05, 0.1) is 28.5 Å². The normalized spacial score (nSPS) is 22.3. The van der Waals surface area contributed by atoms with Crippen LogP contribution in [-0.2, 0) is 33.5 Å². The monoisotopic (exact) mass is 608 g/mol. The molecule has 42 heavy (non-hydrogen) atoms. The molecule has 3 amide bonds. The van der Waals surface area contributed by atoms with Gasteiger partial charge in [-0.15, -0.1) is 0 Å². The number of halogens is 1. The first-order valence-corrected chi connectivity index (χ1v) is 15.2. The number of cyclic esters (lactones) is 1. The van der Waals surface area contributed by atoms with Gasteiger partial charge in [0.25, 0.3) is 5.91 Å². The molecule has 0 unspecified atom stereocenters. The number of amides is 3. The number of benzene rings is 1. The number of aromatic nitrogens is 1. The molecule has 0 aliphatic carbocycles. The van der Waals surface area contributed by atoms with Gasteiger partial charge < -0.3 is 18.7 Å². The molecule has 0 radical (unpaired) electrons. The SMILES string of the molecule is CC(=O)OCC(=O)N=S1(=O)CCC(c2ccc(N3C[C@H](CN(C(=O)OC(C)(C)C)c4ccon4)OC3=O)cc2F)CC1. The van der Waals surface area contributed by atoms with Crippen molar-refractivity contribution in [1.29, 1.82) is 0 Å². The minimum absolute atomic E-state index is 0.0448. The first-order chi connectivity index (χ1) is 19.7. The van der Waals surface area contributed by atoms with Crippen molar-refractivity contribution in [1.82, 2.24) is 5.16 Å². The van der Waals surface area contributed by atoms with Crippen LogP contribution in [0.4, 0.5) is 25.5 Å². The molecule has 1 atom stereocenters. The summed E-state index contributed by atoms with van der Waals surface area (Å²) in [6, 6.07) is 5.89. The van der Waals surface area contributed by atoms with E-state index in [-0.39, 0.29) is 42.0 Å². The van der Waals surface area contributed by atoms with Crippen molar-refractivity contribution in [2.75, 3.05) is 41.0 Å². The Morgan fingerprint density at radius 3 is 2.52 bits per heavy atom. The largest absolute Gasteiger partial charge is 0.456 e. The van der Waals surface area contributed by atoms with Crippen molar-refractivity contribution in [2.45, 2.75) is 58.2 Å². The highest BCUT2D eigenvalue weighted by molar-refractivity contribution is 7.93. The Hall–Kier alpha value is -4.01. The van der Waals surface area contributed by atoms with Gasteiger partial charge in [-0.05, 0) is 57.2 Å². The summed E-state index contributed by atoms with van der Waals surface area (Å²) in [6.07, 6.45) is -0.170. The third kappa shape index (κ3) is 7.84. The summed E-state index contributed by atoms with van der Waals surface area (Å²) in [4.78, 5) is 50.8. The zero-order valence-corrected chi connectivity index (χ0v) is 24.6. The lowest BCUT2D eigenvalue weighted by molar-refractivity contribution is -0.145. The quantitative estimate of drug-likeness (QED) is 0.332. The lowest BCUT2D eigenvalue weighted by Crippen LogP contribution is -2.42. The van der Waals surface area contributed by atoms with Gasteiger partial charge in [0.15, 0.2) is 12.4 Å². The van der Waals surface area contributed by atoms with Crippen LogP contribution in [0.15, 0.2) is 39.4 Å². The number of hydrogen-bond acceptors (Lipinski definition) is 10. The number of nitrogens with zero attached hydrogens (tertiary/aromatic N) is 4. The van der Waals surface area contributed by atoms with E-state index in [0.29, 0.717) is 18.4 Å². The first kappa shape index (κ1) is 30.9. The topological polar surface area (TPSA) is 158 Å². The van der Waals surface area contributed by atoms with E-state index in [1.165, 1.54) is 28.2 Å². The van der Waals surface area contributed by atoms with E-state index in [9.17, 15) is 23.4 Å². The minimum Gasteiger partial charge on any atom is -0.456 e. The molecule has 0 bridgehead atoms. The van der Waals surface area contributed by atoms with E-state index in [1.807, 2.05) is 0 Å². The molecule has 2 aliphatic heterocycles. The maximum absolute atomic E-state index is 15.3. The summed E-state index contributed by atoms with van der Waals surface area (Å²) in [5.74, 6) is -1.81. The molecule has 2 aliphatic rings. The van der Waals surface area contributed by atoms with Gasteiger partial charge in [0.2, 0.25) is 0 Å². The van der Waals surface area contributed by atoms with E-state index in [1.54, 1.807) is 32.9 Å². The Kier molecular flexibility index (Phi) is 9.18. The second-order valence-corrected chi connectivity index (χ2v) is 13.5. The maximum Gasteiger partial charge on any atom is 0.416 e. The molecule has 4 rings (SSSR count). The first-order valence-electron chi connectivity index (χ1n) is 13.3. The highest BCUT2D eigenvalue weighted by atomic mass is 32.2. The lowest BCUT2D eigenvalue weighted by atomic mass is 9.93. The van der Waals surface area contributed by atoms with Crippen LogP contribution in [0, 0.1) is 5.82 Å². The predicted molar refractivity (Wildman–Crippen MR) is 148 cm³/mol. The van der Waals surface area contributed by atoms with E-state index >= 15 is 4.39 Å². The Morgan fingerprint density at radius 1 is 1.21 bits per heavy atom. The molecule has 2 aromatic rings. The van der Waals surface area contributed by atoms with Crippen LogP contribution in [0.25, 0.3) is 0 Å². The average Bonchev–Trinajstić information content (AvgIpc) is 3.55. The Labute approximate surface area is 242 Å². The van der Waals surface area contributed by atoms with Crippen LogP contribution in [0.3, 0.4) is 0 Å². The molecule has 0 N–H and O–H groups in total. The van der Waals surface area contributed by atoms with Crippen LogP contribution in [0.2, 0.25) is 0 Å². The van der Waals surface area contributed by atoms with Crippen molar-refractivity contribution in [2.24, 2.45) is 4.36 Å². The highest BCUT2D eigenvalue weighted by Crippen LogP contribution is 2.34. The summed E-state index contributed by atoms with van der Waals surface area (Å²) in [7, 11) is -2.82. The summed E-state index contributed by atoms with van der Waals surface area (Å²) in [6.45, 7) is 5.73. The van der Waals surface area contributed by atoms with Crippen molar-refractivity contribution in [3.8, 4) is 0 Å². The Balaban J connectivity index is 1.40. The van der Waals surface area contributed by atoms with E-state index < -0.39 is 57.9 Å². The average molecular weight is 609 g/mol. The fraction of sp³-hybridized carbons (Fsp3) is 0.519. The summed E-state index contributed by atoms with van der Waals surface area (Å²) < 4.78 is 52.4. The number of anilines is 2. The lowest BCUT2D eigenvalue weighted by Gasteiger charge is -2.27. The van der Waals surface area contributed by atoms with Crippen molar-refractivity contribution < 1.29 is 46.5 Å². The Morgan fingerprint density at radius 2 is 1.93 bits per heavy atom. The second kappa shape index (κ2) is 12.5. The van der Waals surface area contributed by atoms with Crippen LogP contribution in [0.5, 0.6) is 0 Å². The second-order valence-electron chi connectivity index (χ2n) is 11.0. The van der Waals surface area contributed by atoms with Crippen LogP contribution >= 0.6 is 0 Å². The zero-order chi connectivity index (χ0) is 30.7. The molecular formula is C27H33FN4O9S. The molecule has 2 fully saturated rings. The standard InChI is InChI=1S/C27H33FN4O9S/c1-17(33)38-16-24(34)30-42(37)11-8-18(9-12-42)21-6-5-19(13-22(21)28)31-14-20(40-25(31)35)15-32(23-7-10-39-29-23)26(36)41-27(2,3)4/h5-7,10,13,18,20H,8-9,11-12,14-16H2,1-4H3/t18?,20-,42?/m1/s1. The van der Waals surface area contributed by atoms with Crippen LogP contribution in [-0.4, -0.2) is 76.3 Å². The minimum atomic E-state index is -2.82. The summed E-state index contributed by atoms with van der Waals surface area (Å²) in [5, 5.41) is 3.80. The van der Waals surface area contributed by atoms with Gasteiger partial charge in [0, 0.05) is 24.5 Å². The molecule has 13 nitrogen and oxygen atoms in total. The van der Waals surface area contributed by atoms with E-state index in [2.05, 4.69) is 14.3 Å². The van der Waals surface area contributed by atoms with Gasteiger partial charge in [0.1, 0.15) is 23.8 Å². The molecule has 15 heteroatoms. The number of esters is 1. The molecule has 2 saturated heterocycles. The van der Waals surface area contributed by atoms with Crippen LogP contribution in [0.1, 0.15) is 52.0 Å². The fourth-order valence-electron chi connectivity index (χ4n) is 4.65. The number of rotatable bonds is 7. The third-order valence-corrected chi connectivity index (χ3v) is 8.83. The number of carbonyl (C=O) groups is 4. The molecule has 1 aromatic carbocycles. The third-order valence-electron chi connectivity index (χ3n) is 6.55. The highest BCUT2D eigenvalue weighted by Gasteiger charge is 2.37. The number of ether oxygens (including phenoxy) is 3.